The maximum Gasteiger partial charge on any atom is 0.284 e. The van der Waals surface area contributed by atoms with Crippen LogP contribution in [0.3, 0.4) is 0 Å². The molecule has 25 heavy (non-hydrogen) atoms. The Morgan fingerprint density at radius 2 is 1.92 bits per heavy atom. The SMILES string of the molecule is Cc1nn(Cc2ccc(Cl)cc2Cl)c2ncn(-n3cccc3)c(=O)c12. The number of hydrogen-bond acceptors (Lipinski definition) is 3. The molecule has 0 fully saturated rings. The summed E-state index contributed by atoms with van der Waals surface area (Å²) in [5.41, 5.74) is 1.83. The van der Waals surface area contributed by atoms with Gasteiger partial charge in [0, 0.05) is 22.4 Å². The molecule has 4 rings (SSSR count). The summed E-state index contributed by atoms with van der Waals surface area (Å²) < 4.78 is 4.79. The molecule has 0 atom stereocenters. The number of aromatic nitrogens is 5. The second-order valence-corrected chi connectivity index (χ2v) is 6.48. The van der Waals surface area contributed by atoms with Crippen LogP contribution in [0.4, 0.5) is 0 Å². The second-order valence-electron chi connectivity index (χ2n) is 5.63. The van der Waals surface area contributed by atoms with Crippen molar-refractivity contribution in [3.63, 3.8) is 0 Å². The third-order valence-electron chi connectivity index (χ3n) is 3.98. The summed E-state index contributed by atoms with van der Waals surface area (Å²) in [7, 11) is 0. The van der Waals surface area contributed by atoms with E-state index in [0.29, 0.717) is 33.3 Å². The van der Waals surface area contributed by atoms with Gasteiger partial charge in [-0.05, 0) is 36.8 Å². The molecule has 0 aliphatic carbocycles. The summed E-state index contributed by atoms with van der Waals surface area (Å²) in [4.78, 5) is 17.3. The summed E-state index contributed by atoms with van der Waals surface area (Å²) in [5.74, 6) is 0. The predicted octanol–water partition coefficient (Wildman–Crippen LogP) is 3.37. The lowest BCUT2D eigenvalue weighted by Crippen LogP contribution is -2.25. The van der Waals surface area contributed by atoms with E-state index >= 15 is 0 Å². The molecule has 0 spiro atoms. The Hall–Kier alpha value is -2.57. The highest BCUT2D eigenvalue weighted by Gasteiger charge is 2.16. The van der Waals surface area contributed by atoms with Crippen LogP contribution >= 0.6 is 23.2 Å². The van der Waals surface area contributed by atoms with Gasteiger partial charge in [-0.2, -0.15) is 5.10 Å². The Labute approximate surface area is 152 Å². The first-order valence-electron chi connectivity index (χ1n) is 7.57. The molecule has 126 valence electrons. The fraction of sp³-hybridized carbons (Fsp3) is 0.118. The van der Waals surface area contributed by atoms with Crippen molar-refractivity contribution in [3.8, 4) is 0 Å². The van der Waals surface area contributed by atoms with Gasteiger partial charge in [-0.1, -0.05) is 29.3 Å². The van der Waals surface area contributed by atoms with Crippen molar-refractivity contribution in [2.24, 2.45) is 0 Å². The van der Waals surface area contributed by atoms with Gasteiger partial charge in [0.15, 0.2) is 5.65 Å². The molecular formula is C17H13Cl2N5O. The molecule has 0 saturated carbocycles. The van der Waals surface area contributed by atoms with Crippen molar-refractivity contribution in [1.82, 2.24) is 24.1 Å². The summed E-state index contributed by atoms with van der Waals surface area (Å²) in [6.07, 6.45) is 5.05. The molecule has 0 N–H and O–H groups in total. The number of aryl methyl sites for hydroxylation is 1. The molecule has 4 aromatic rings. The maximum absolute atomic E-state index is 12.8. The first-order chi connectivity index (χ1) is 12.0. The Balaban J connectivity index is 1.84. The van der Waals surface area contributed by atoms with Crippen molar-refractivity contribution in [3.05, 3.63) is 80.7 Å². The zero-order valence-electron chi connectivity index (χ0n) is 13.2. The molecule has 0 aliphatic heterocycles. The van der Waals surface area contributed by atoms with Gasteiger partial charge in [-0.25, -0.2) is 14.3 Å². The highest BCUT2D eigenvalue weighted by atomic mass is 35.5. The van der Waals surface area contributed by atoms with Crippen LogP contribution in [0, 0.1) is 6.92 Å². The molecule has 0 aliphatic rings. The van der Waals surface area contributed by atoms with Crippen molar-refractivity contribution in [1.29, 1.82) is 0 Å². The first-order valence-corrected chi connectivity index (χ1v) is 8.32. The third kappa shape index (κ3) is 2.73. The quantitative estimate of drug-likeness (QED) is 0.553. The van der Waals surface area contributed by atoms with E-state index in [1.807, 2.05) is 18.2 Å². The van der Waals surface area contributed by atoms with E-state index in [2.05, 4.69) is 10.1 Å². The van der Waals surface area contributed by atoms with Gasteiger partial charge in [-0.3, -0.25) is 9.47 Å². The van der Waals surface area contributed by atoms with Crippen LogP contribution < -0.4 is 5.56 Å². The summed E-state index contributed by atoms with van der Waals surface area (Å²) in [6.45, 7) is 2.20. The van der Waals surface area contributed by atoms with Gasteiger partial charge < -0.3 is 0 Å². The zero-order valence-corrected chi connectivity index (χ0v) is 14.7. The van der Waals surface area contributed by atoms with Crippen molar-refractivity contribution in [2.75, 3.05) is 0 Å². The Bertz CT molecular complexity index is 1130. The van der Waals surface area contributed by atoms with Crippen LogP contribution in [0.1, 0.15) is 11.3 Å². The summed E-state index contributed by atoms with van der Waals surface area (Å²) in [6, 6.07) is 8.98. The number of fused-ring (bicyclic) bond motifs is 1. The largest absolute Gasteiger partial charge is 0.284 e. The monoisotopic (exact) mass is 373 g/mol. The van der Waals surface area contributed by atoms with Crippen LogP contribution in [-0.4, -0.2) is 24.1 Å². The fourth-order valence-electron chi connectivity index (χ4n) is 2.78. The maximum atomic E-state index is 12.8. The zero-order chi connectivity index (χ0) is 17.6. The molecule has 0 amide bonds. The van der Waals surface area contributed by atoms with E-state index in [9.17, 15) is 4.79 Å². The number of nitrogens with zero attached hydrogens (tertiary/aromatic N) is 5. The molecule has 3 heterocycles. The summed E-state index contributed by atoms with van der Waals surface area (Å²) >= 11 is 12.2. The predicted molar refractivity (Wildman–Crippen MR) is 97.3 cm³/mol. The lowest BCUT2D eigenvalue weighted by Gasteiger charge is -2.08. The van der Waals surface area contributed by atoms with Crippen molar-refractivity contribution >= 4 is 34.2 Å². The Kier molecular flexibility index (Phi) is 3.86. The lowest BCUT2D eigenvalue weighted by molar-refractivity contribution is 0.623. The van der Waals surface area contributed by atoms with Gasteiger partial charge >= 0.3 is 0 Å². The molecule has 6 nitrogen and oxygen atoms in total. The van der Waals surface area contributed by atoms with Gasteiger partial charge in [0.2, 0.25) is 0 Å². The van der Waals surface area contributed by atoms with Gasteiger partial charge in [0.05, 0.1) is 12.2 Å². The van der Waals surface area contributed by atoms with Gasteiger partial charge in [-0.15, -0.1) is 0 Å². The van der Waals surface area contributed by atoms with E-state index in [-0.39, 0.29) is 5.56 Å². The highest BCUT2D eigenvalue weighted by Crippen LogP contribution is 2.23. The van der Waals surface area contributed by atoms with Crippen molar-refractivity contribution in [2.45, 2.75) is 13.5 Å². The summed E-state index contributed by atoms with van der Waals surface area (Å²) in [5, 5.41) is 6.08. The number of hydrogen-bond donors (Lipinski definition) is 0. The molecule has 3 aromatic heterocycles. The van der Waals surface area contributed by atoms with Crippen LogP contribution in [0.2, 0.25) is 10.0 Å². The standard InChI is InChI=1S/C17H13Cl2N5O/c1-11-15-16(20-10-24(17(15)25)22-6-2-3-7-22)23(21-11)9-12-4-5-13(18)8-14(12)19/h2-8,10H,9H2,1H3. The van der Waals surface area contributed by atoms with Crippen LogP contribution in [0.15, 0.2) is 53.8 Å². The van der Waals surface area contributed by atoms with Gasteiger partial charge in [0.25, 0.3) is 5.56 Å². The van der Waals surface area contributed by atoms with E-state index < -0.39 is 0 Å². The smallest absolute Gasteiger partial charge is 0.266 e. The average molecular weight is 374 g/mol. The Morgan fingerprint density at radius 1 is 1.16 bits per heavy atom. The molecule has 0 saturated heterocycles. The van der Waals surface area contributed by atoms with Gasteiger partial charge in [0.1, 0.15) is 11.7 Å². The minimum atomic E-state index is -0.174. The first kappa shape index (κ1) is 15.9. The molecule has 1 aromatic carbocycles. The van der Waals surface area contributed by atoms with Crippen LogP contribution in [-0.2, 0) is 6.54 Å². The van der Waals surface area contributed by atoms with E-state index in [1.54, 1.807) is 40.8 Å². The number of rotatable bonds is 3. The number of benzene rings is 1. The van der Waals surface area contributed by atoms with Crippen LogP contribution in [0.5, 0.6) is 0 Å². The average Bonchev–Trinajstić information content (AvgIpc) is 3.19. The van der Waals surface area contributed by atoms with E-state index in [4.69, 9.17) is 23.2 Å². The highest BCUT2D eigenvalue weighted by molar-refractivity contribution is 6.35. The minimum absolute atomic E-state index is 0.174. The second kappa shape index (κ2) is 6.06. The topological polar surface area (TPSA) is 57.6 Å². The molecule has 0 radical (unpaired) electrons. The van der Waals surface area contributed by atoms with Crippen LogP contribution in [0.25, 0.3) is 11.0 Å². The molecule has 0 unspecified atom stereocenters. The molecule has 0 bridgehead atoms. The fourth-order valence-corrected chi connectivity index (χ4v) is 3.25. The van der Waals surface area contributed by atoms with Crippen molar-refractivity contribution < 1.29 is 0 Å². The normalized spacial score (nSPS) is 11.3. The Morgan fingerprint density at radius 3 is 2.64 bits per heavy atom. The molecular weight excluding hydrogens is 361 g/mol. The van der Waals surface area contributed by atoms with E-state index in [1.165, 1.54) is 11.0 Å². The number of halogens is 2. The minimum Gasteiger partial charge on any atom is -0.266 e. The third-order valence-corrected chi connectivity index (χ3v) is 4.57. The van der Waals surface area contributed by atoms with E-state index in [0.717, 1.165) is 5.56 Å². The lowest BCUT2D eigenvalue weighted by atomic mass is 10.2. The molecule has 8 heteroatoms.